The van der Waals surface area contributed by atoms with Crippen LogP contribution in [0.2, 0.25) is 0 Å². The SMILES string of the molecule is O=C(NC1CCN(C(=O)C2CC2)CC1)c1cc([N+](=O)[O-])ccc1Sc1ccccc1F. The zero-order chi connectivity index (χ0) is 22.0. The number of nitro groups is 1. The Kier molecular flexibility index (Phi) is 6.22. The minimum Gasteiger partial charge on any atom is -0.349 e. The summed E-state index contributed by atoms with van der Waals surface area (Å²) in [6, 6.07) is 10.1. The molecule has 2 amide bonds. The van der Waals surface area contributed by atoms with Crippen LogP contribution in [0.1, 0.15) is 36.0 Å². The monoisotopic (exact) mass is 443 g/mol. The number of halogens is 1. The van der Waals surface area contributed by atoms with E-state index in [4.69, 9.17) is 0 Å². The van der Waals surface area contributed by atoms with Crippen molar-refractivity contribution in [2.45, 2.75) is 41.5 Å². The summed E-state index contributed by atoms with van der Waals surface area (Å²) in [5.74, 6) is -0.486. The first-order valence-electron chi connectivity index (χ1n) is 10.2. The van der Waals surface area contributed by atoms with Gasteiger partial charge in [0.2, 0.25) is 5.91 Å². The molecule has 2 aromatic rings. The average Bonchev–Trinajstić information content (AvgIpc) is 3.61. The molecule has 1 aliphatic heterocycles. The molecule has 2 aromatic carbocycles. The van der Waals surface area contributed by atoms with Crippen LogP contribution < -0.4 is 5.32 Å². The van der Waals surface area contributed by atoms with Crippen molar-refractivity contribution in [1.82, 2.24) is 10.2 Å². The maximum absolute atomic E-state index is 14.1. The Labute approximate surface area is 183 Å². The summed E-state index contributed by atoms with van der Waals surface area (Å²) in [6.45, 7) is 1.18. The standard InChI is InChI=1S/C22H22FN3O4S/c23-18-3-1-2-4-20(18)31-19-8-7-16(26(29)30)13-17(19)21(27)24-15-9-11-25(12-10-15)22(28)14-5-6-14/h1-4,7-8,13-15H,5-6,9-12H2,(H,24,27). The zero-order valence-electron chi connectivity index (χ0n) is 16.8. The van der Waals surface area contributed by atoms with E-state index >= 15 is 0 Å². The molecule has 0 radical (unpaired) electrons. The van der Waals surface area contributed by atoms with Gasteiger partial charge in [-0.25, -0.2) is 4.39 Å². The van der Waals surface area contributed by atoms with Gasteiger partial charge in [0.15, 0.2) is 0 Å². The number of hydrogen-bond donors (Lipinski definition) is 1. The highest BCUT2D eigenvalue weighted by Gasteiger charge is 2.35. The molecule has 0 atom stereocenters. The molecule has 1 saturated heterocycles. The lowest BCUT2D eigenvalue weighted by Crippen LogP contribution is -2.47. The van der Waals surface area contributed by atoms with Crippen LogP contribution >= 0.6 is 11.8 Å². The summed E-state index contributed by atoms with van der Waals surface area (Å²) in [6.07, 6.45) is 3.19. The molecule has 0 bridgehead atoms. The van der Waals surface area contributed by atoms with Crippen molar-refractivity contribution in [1.29, 1.82) is 0 Å². The molecule has 0 aromatic heterocycles. The molecule has 7 nitrogen and oxygen atoms in total. The van der Waals surface area contributed by atoms with Crippen molar-refractivity contribution in [2.24, 2.45) is 5.92 Å². The van der Waals surface area contributed by atoms with Crippen LogP contribution in [-0.2, 0) is 4.79 Å². The van der Waals surface area contributed by atoms with Gasteiger partial charge in [-0.15, -0.1) is 0 Å². The second kappa shape index (κ2) is 9.05. The quantitative estimate of drug-likeness (QED) is 0.538. The molecule has 1 heterocycles. The summed E-state index contributed by atoms with van der Waals surface area (Å²) in [7, 11) is 0. The third-order valence-electron chi connectivity index (χ3n) is 5.54. The van der Waals surface area contributed by atoms with E-state index in [1.807, 2.05) is 4.90 Å². The molecule has 2 fully saturated rings. The van der Waals surface area contributed by atoms with E-state index in [-0.39, 0.29) is 29.1 Å². The molecule has 31 heavy (non-hydrogen) atoms. The van der Waals surface area contributed by atoms with Gasteiger partial charge in [0.1, 0.15) is 5.82 Å². The molecule has 0 unspecified atom stereocenters. The number of nitrogens with one attached hydrogen (secondary N) is 1. The number of carbonyl (C=O) groups is 2. The van der Waals surface area contributed by atoms with Crippen molar-refractivity contribution in [3.8, 4) is 0 Å². The highest BCUT2D eigenvalue weighted by molar-refractivity contribution is 7.99. The maximum Gasteiger partial charge on any atom is 0.270 e. The summed E-state index contributed by atoms with van der Waals surface area (Å²) in [5, 5.41) is 14.2. The Morgan fingerprint density at radius 3 is 2.42 bits per heavy atom. The largest absolute Gasteiger partial charge is 0.349 e. The van der Waals surface area contributed by atoms with Gasteiger partial charge in [-0.05, 0) is 43.9 Å². The van der Waals surface area contributed by atoms with Crippen LogP contribution in [-0.4, -0.2) is 40.8 Å². The number of likely N-dealkylation sites (tertiary alicyclic amines) is 1. The van der Waals surface area contributed by atoms with Gasteiger partial charge in [-0.1, -0.05) is 23.9 Å². The van der Waals surface area contributed by atoms with Gasteiger partial charge < -0.3 is 10.2 Å². The zero-order valence-corrected chi connectivity index (χ0v) is 17.6. The summed E-state index contributed by atoms with van der Waals surface area (Å²) >= 11 is 1.05. The number of nitro benzene ring substituents is 1. The molecule has 4 rings (SSSR count). The van der Waals surface area contributed by atoms with Gasteiger partial charge >= 0.3 is 0 Å². The second-order valence-corrected chi connectivity index (χ2v) is 8.90. The highest BCUT2D eigenvalue weighted by Crippen LogP contribution is 2.34. The third-order valence-corrected chi connectivity index (χ3v) is 6.67. The lowest BCUT2D eigenvalue weighted by Gasteiger charge is -2.32. The van der Waals surface area contributed by atoms with Crippen LogP contribution in [0.5, 0.6) is 0 Å². The molecule has 9 heteroatoms. The number of benzene rings is 2. The van der Waals surface area contributed by atoms with Gasteiger partial charge in [0.25, 0.3) is 11.6 Å². The van der Waals surface area contributed by atoms with E-state index < -0.39 is 16.6 Å². The second-order valence-electron chi connectivity index (χ2n) is 7.82. The smallest absolute Gasteiger partial charge is 0.270 e. The van der Waals surface area contributed by atoms with Crippen LogP contribution in [0.4, 0.5) is 10.1 Å². The predicted octanol–water partition coefficient (Wildman–Crippen LogP) is 4.02. The minimum absolute atomic E-state index is 0.124. The lowest BCUT2D eigenvalue weighted by molar-refractivity contribution is -0.384. The van der Waals surface area contributed by atoms with Crippen molar-refractivity contribution in [2.75, 3.05) is 13.1 Å². The van der Waals surface area contributed by atoms with E-state index in [9.17, 15) is 24.1 Å². The molecule has 0 spiro atoms. The topological polar surface area (TPSA) is 92.6 Å². The van der Waals surface area contributed by atoms with E-state index in [2.05, 4.69) is 5.32 Å². The van der Waals surface area contributed by atoms with Gasteiger partial charge in [-0.3, -0.25) is 19.7 Å². The number of amides is 2. The first kappa shape index (κ1) is 21.3. The Morgan fingerprint density at radius 2 is 1.77 bits per heavy atom. The molecule has 2 aliphatic rings. The third kappa shape index (κ3) is 5.04. The fourth-order valence-electron chi connectivity index (χ4n) is 3.64. The molecular formula is C22H22FN3O4S. The minimum atomic E-state index is -0.559. The van der Waals surface area contributed by atoms with Crippen molar-refractivity contribution < 1.29 is 18.9 Å². The Morgan fingerprint density at radius 1 is 1.06 bits per heavy atom. The number of hydrogen-bond acceptors (Lipinski definition) is 5. The number of nitrogens with zero attached hydrogens (tertiary/aromatic N) is 2. The Balaban J connectivity index is 1.48. The lowest BCUT2D eigenvalue weighted by atomic mass is 10.0. The Hall–Kier alpha value is -2.94. The van der Waals surface area contributed by atoms with Crippen molar-refractivity contribution in [3.63, 3.8) is 0 Å². The van der Waals surface area contributed by atoms with Crippen molar-refractivity contribution in [3.05, 3.63) is 64.0 Å². The van der Waals surface area contributed by atoms with Crippen LogP contribution in [0, 0.1) is 21.8 Å². The summed E-state index contributed by atoms with van der Waals surface area (Å²) in [4.78, 5) is 38.5. The number of rotatable bonds is 6. The molecular weight excluding hydrogens is 421 g/mol. The number of non-ortho nitro benzene ring substituents is 1. The fraction of sp³-hybridized carbons (Fsp3) is 0.364. The van der Waals surface area contributed by atoms with Crippen molar-refractivity contribution >= 4 is 29.3 Å². The highest BCUT2D eigenvalue weighted by atomic mass is 32.2. The average molecular weight is 444 g/mol. The molecule has 1 aliphatic carbocycles. The summed E-state index contributed by atoms with van der Waals surface area (Å²) in [5.41, 5.74) is -0.0631. The summed E-state index contributed by atoms with van der Waals surface area (Å²) < 4.78 is 14.1. The molecule has 1 saturated carbocycles. The molecule has 162 valence electrons. The predicted molar refractivity (Wildman–Crippen MR) is 113 cm³/mol. The van der Waals surface area contributed by atoms with Crippen LogP contribution in [0.25, 0.3) is 0 Å². The maximum atomic E-state index is 14.1. The Bertz CT molecular complexity index is 1020. The fourth-order valence-corrected chi connectivity index (χ4v) is 4.59. The first-order valence-corrected chi connectivity index (χ1v) is 11.0. The van der Waals surface area contributed by atoms with E-state index in [1.165, 1.54) is 24.3 Å². The molecule has 1 N–H and O–H groups in total. The van der Waals surface area contributed by atoms with Crippen LogP contribution in [0.15, 0.2) is 52.3 Å². The van der Waals surface area contributed by atoms with E-state index in [0.29, 0.717) is 35.7 Å². The number of piperidine rings is 1. The van der Waals surface area contributed by atoms with Crippen LogP contribution in [0.3, 0.4) is 0 Å². The van der Waals surface area contributed by atoms with E-state index in [0.717, 1.165) is 24.6 Å². The van der Waals surface area contributed by atoms with Gasteiger partial charge in [0.05, 0.1) is 10.5 Å². The first-order chi connectivity index (χ1) is 14.9. The number of carbonyl (C=O) groups excluding carboxylic acids is 2. The van der Waals surface area contributed by atoms with Gasteiger partial charge in [-0.2, -0.15) is 0 Å². The normalized spacial score (nSPS) is 16.7. The van der Waals surface area contributed by atoms with Gasteiger partial charge in [0, 0.05) is 47.0 Å². The van der Waals surface area contributed by atoms with E-state index in [1.54, 1.807) is 18.2 Å².